The Hall–Kier alpha value is -3.43. The van der Waals surface area contributed by atoms with E-state index in [1.807, 2.05) is 39.0 Å². The van der Waals surface area contributed by atoms with Crippen LogP contribution in [0.1, 0.15) is 79.6 Å². The molecule has 0 aliphatic heterocycles. The second kappa shape index (κ2) is 14.4. The van der Waals surface area contributed by atoms with Crippen LogP contribution < -0.4 is 4.90 Å². The molecule has 0 bridgehead atoms. The minimum atomic E-state index is -1.32. The first-order valence-electron chi connectivity index (χ1n) is 15.7. The Morgan fingerprint density at radius 1 is 0.979 bits per heavy atom. The minimum absolute atomic E-state index is 0.0683. The van der Waals surface area contributed by atoms with E-state index in [1.165, 1.54) is 4.68 Å². The van der Waals surface area contributed by atoms with Crippen molar-refractivity contribution in [2.75, 3.05) is 11.5 Å². The molecule has 0 fully saturated rings. The number of carbonyl (C=O) groups excluding carboxylic acids is 2. The molecule has 2 amide bonds. The summed E-state index contributed by atoms with van der Waals surface area (Å²) in [5, 5.41) is 22.9. The van der Waals surface area contributed by atoms with Crippen molar-refractivity contribution in [2.24, 2.45) is 11.3 Å². The molecule has 3 rings (SSSR count). The summed E-state index contributed by atoms with van der Waals surface area (Å²) in [6, 6.07) is 6.47. The zero-order chi connectivity index (χ0) is 35.5. The van der Waals surface area contributed by atoms with Gasteiger partial charge in [-0.15, -0.1) is 5.10 Å². The number of anilines is 1. The van der Waals surface area contributed by atoms with Crippen molar-refractivity contribution in [3.8, 4) is 0 Å². The SMILES string of the molecule is CC(C)(C)OC(=O)N(C(=O)OC(C)(C)C)c1nc2c(C[C@H](c3nnnn3COCC[Si](C)(C)C)[C@@H](C(=O)O)C(C)(C)C)cccc2s1. The summed E-state index contributed by atoms with van der Waals surface area (Å²) in [4.78, 5) is 45.1. The molecular formula is C32H50N6O7SSi. The van der Waals surface area contributed by atoms with Crippen molar-refractivity contribution in [3.63, 3.8) is 0 Å². The van der Waals surface area contributed by atoms with Gasteiger partial charge in [-0.05, 0) is 81.5 Å². The van der Waals surface area contributed by atoms with Crippen molar-refractivity contribution in [1.82, 2.24) is 25.2 Å². The van der Waals surface area contributed by atoms with Crippen LogP contribution in [0.4, 0.5) is 14.7 Å². The van der Waals surface area contributed by atoms with Gasteiger partial charge in [-0.25, -0.2) is 19.3 Å². The summed E-state index contributed by atoms with van der Waals surface area (Å²) < 4.78 is 19.2. The summed E-state index contributed by atoms with van der Waals surface area (Å²) in [6.07, 6.45) is -1.63. The number of aliphatic carboxylic acids is 1. The van der Waals surface area contributed by atoms with Crippen LogP contribution >= 0.6 is 11.3 Å². The number of hydrogen-bond donors (Lipinski definition) is 1. The average molecular weight is 691 g/mol. The summed E-state index contributed by atoms with van der Waals surface area (Å²) >= 11 is 1.13. The molecule has 0 saturated heterocycles. The number of imide groups is 1. The lowest BCUT2D eigenvalue weighted by atomic mass is 9.70. The molecule has 2 aromatic heterocycles. The molecule has 13 nitrogen and oxygen atoms in total. The highest BCUT2D eigenvalue weighted by atomic mass is 32.1. The fraction of sp³-hybridized carbons (Fsp3) is 0.656. The van der Waals surface area contributed by atoms with Gasteiger partial charge in [0, 0.05) is 20.6 Å². The molecule has 1 N–H and O–H groups in total. The van der Waals surface area contributed by atoms with Crippen molar-refractivity contribution < 1.29 is 33.7 Å². The van der Waals surface area contributed by atoms with Crippen LogP contribution in [0.15, 0.2) is 18.2 Å². The number of ether oxygens (including phenoxy) is 3. The van der Waals surface area contributed by atoms with Gasteiger partial charge in [-0.3, -0.25) is 4.79 Å². The normalized spacial score (nSPS) is 14.1. The largest absolute Gasteiger partial charge is 0.481 e. The molecular weight excluding hydrogens is 641 g/mol. The first kappa shape index (κ1) is 38.0. The van der Waals surface area contributed by atoms with Crippen LogP contribution in [-0.2, 0) is 32.2 Å². The number of benzene rings is 1. The molecule has 0 spiro atoms. The first-order chi connectivity index (χ1) is 21.5. The highest BCUT2D eigenvalue weighted by Crippen LogP contribution is 2.41. The second-order valence-electron chi connectivity index (χ2n) is 15.9. The monoisotopic (exact) mass is 690 g/mol. The van der Waals surface area contributed by atoms with E-state index in [-0.39, 0.29) is 18.3 Å². The zero-order valence-corrected chi connectivity index (χ0v) is 31.5. The molecule has 15 heteroatoms. The number of aromatic nitrogens is 5. The Morgan fingerprint density at radius 3 is 2.09 bits per heavy atom. The lowest BCUT2D eigenvalue weighted by molar-refractivity contribution is -0.146. The Labute approximate surface area is 282 Å². The van der Waals surface area contributed by atoms with Crippen molar-refractivity contribution >= 4 is 52.9 Å². The van der Waals surface area contributed by atoms with Crippen molar-refractivity contribution in [3.05, 3.63) is 29.6 Å². The molecule has 260 valence electrons. The predicted octanol–water partition coefficient (Wildman–Crippen LogP) is 7.34. The third-order valence-corrected chi connectivity index (χ3v) is 9.69. The lowest BCUT2D eigenvalue weighted by Crippen LogP contribution is -2.43. The number of carboxylic acids is 1. The molecule has 2 heterocycles. The number of amides is 2. The van der Waals surface area contributed by atoms with E-state index < -0.39 is 54.7 Å². The van der Waals surface area contributed by atoms with E-state index in [0.717, 1.165) is 22.3 Å². The fourth-order valence-corrected chi connectivity index (χ4v) is 6.69. The van der Waals surface area contributed by atoms with Crippen LogP contribution in [-0.4, -0.2) is 74.3 Å². The van der Waals surface area contributed by atoms with Gasteiger partial charge in [0.25, 0.3) is 0 Å². The maximum absolute atomic E-state index is 13.3. The highest BCUT2D eigenvalue weighted by molar-refractivity contribution is 7.22. The van der Waals surface area contributed by atoms with Gasteiger partial charge < -0.3 is 19.3 Å². The number of carboxylic acid groups (broad SMARTS) is 1. The predicted molar refractivity (Wildman–Crippen MR) is 184 cm³/mol. The Morgan fingerprint density at radius 2 is 1.57 bits per heavy atom. The third kappa shape index (κ3) is 10.8. The standard InChI is InChI=1S/C32H50N6O7SSi/c1-30(2,3)23(26(39)40)21(25-34-35-36-37(25)19-43-16-17-47(10,11)12)18-20-14-13-15-22-24(20)33-27(46-22)38(28(41)44-31(4,5)6)29(42)45-32(7,8)9/h13-15,21,23H,16-19H2,1-12H3,(H,39,40)/t21-,23-/m0/s1. The molecule has 0 saturated carbocycles. The van der Waals surface area contributed by atoms with E-state index in [2.05, 4.69) is 35.2 Å². The summed E-state index contributed by atoms with van der Waals surface area (Å²) in [5.41, 5.74) is -1.22. The number of tetrazole rings is 1. The van der Waals surface area contributed by atoms with Crippen LogP contribution in [0.25, 0.3) is 10.2 Å². The van der Waals surface area contributed by atoms with Crippen LogP contribution in [0.3, 0.4) is 0 Å². The molecule has 0 aliphatic rings. The lowest BCUT2D eigenvalue weighted by Gasteiger charge is -2.33. The molecule has 0 aliphatic carbocycles. The van der Waals surface area contributed by atoms with E-state index in [9.17, 15) is 19.5 Å². The van der Waals surface area contributed by atoms with Gasteiger partial charge in [-0.2, -0.15) is 4.90 Å². The third-order valence-electron chi connectivity index (χ3n) is 6.98. The van der Waals surface area contributed by atoms with Gasteiger partial charge in [0.05, 0.1) is 16.1 Å². The quantitative estimate of drug-likeness (QED) is 0.158. The average Bonchev–Trinajstić information content (AvgIpc) is 3.50. The Kier molecular flexibility index (Phi) is 11.6. The van der Waals surface area contributed by atoms with Crippen LogP contribution in [0, 0.1) is 11.3 Å². The molecule has 1 aromatic carbocycles. The minimum Gasteiger partial charge on any atom is -0.481 e. The van der Waals surface area contributed by atoms with E-state index in [4.69, 9.17) is 19.2 Å². The zero-order valence-electron chi connectivity index (χ0n) is 29.7. The number of nitrogens with zero attached hydrogens (tertiary/aromatic N) is 6. The molecule has 47 heavy (non-hydrogen) atoms. The van der Waals surface area contributed by atoms with Gasteiger partial charge in [0.1, 0.15) is 17.9 Å². The molecule has 0 radical (unpaired) electrons. The van der Waals surface area contributed by atoms with Crippen LogP contribution in [0.5, 0.6) is 0 Å². The van der Waals surface area contributed by atoms with Gasteiger partial charge in [-0.1, -0.05) is 63.9 Å². The summed E-state index contributed by atoms with van der Waals surface area (Å²) in [7, 11) is -1.32. The fourth-order valence-electron chi connectivity index (χ4n) is 4.94. The Bertz CT molecular complexity index is 1530. The van der Waals surface area contributed by atoms with Gasteiger partial charge >= 0.3 is 18.2 Å². The maximum atomic E-state index is 13.3. The number of para-hydroxylation sites is 1. The molecule has 2 atom stereocenters. The first-order valence-corrected chi connectivity index (χ1v) is 20.2. The number of carbonyl (C=O) groups is 3. The van der Waals surface area contributed by atoms with Crippen LogP contribution in [0.2, 0.25) is 25.7 Å². The summed E-state index contributed by atoms with van der Waals surface area (Å²) in [6.45, 7) is 23.3. The Balaban J connectivity index is 2.10. The van der Waals surface area contributed by atoms with Crippen molar-refractivity contribution in [2.45, 2.75) is 118 Å². The topological polar surface area (TPSA) is 159 Å². The molecule has 3 aromatic rings. The van der Waals surface area contributed by atoms with E-state index >= 15 is 0 Å². The van der Waals surface area contributed by atoms with E-state index in [1.54, 1.807) is 41.5 Å². The number of thiazole rings is 1. The number of hydrogen-bond acceptors (Lipinski definition) is 11. The van der Waals surface area contributed by atoms with Gasteiger partial charge in [0.2, 0.25) is 5.13 Å². The number of fused-ring (bicyclic) bond motifs is 1. The highest BCUT2D eigenvalue weighted by Gasteiger charge is 2.42. The summed E-state index contributed by atoms with van der Waals surface area (Å²) in [5.74, 6) is -2.16. The van der Waals surface area contributed by atoms with Crippen molar-refractivity contribution in [1.29, 1.82) is 0 Å². The van der Waals surface area contributed by atoms with Gasteiger partial charge in [0.15, 0.2) is 5.82 Å². The molecule has 0 unspecified atom stereocenters. The second-order valence-corrected chi connectivity index (χ2v) is 22.6. The smallest absolute Gasteiger partial charge is 0.426 e. The maximum Gasteiger partial charge on any atom is 0.426 e. The number of rotatable bonds is 11. The van der Waals surface area contributed by atoms with E-state index in [0.29, 0.717) is 28.2 Å².